The third-order valence-corrected chi connectivity index (χ3v) is 6.55. The molecule has 3 aromatic rings. The number of nitrogens with one attached hydrogen (secondary N) is 1. The van der Waals surface area contributed by atoms with Crippen molar-refractivity contribution in [2.45, 2.75) is 24.3 Å². The molecule has 0 aliphatic carbocycles. The largest absolute Gasteiger partial charge is 0.385 e. The second kappa shape index (κ2) is 10.3. The summed E-state index contributed by atoms with van der Waals surface area (Å²) in [7, 11) is 1.71. The Morgan fingerprint density at radius 1 is 1.16 bits per heavy atom. The van der Waals surface area contributed by atoms with Crippen LogP contribution in [0.4, 0.5) is 0 Å². The Hall–Kier alpha value is -2.68. The molecule has 1 aromatic heterocycles. The van der Waals surface area contributed by atoms with Gasteiger partial charge in [0.15, 0.2) is 5.11 Å². The molecule has 32 heavy (non-hydrogen) atoms. The number of allylic oxidation sites excluding steroid dienone is 1. The molecule has 1 unspecified atom stereocenters. The molecule has 1 aliphatic rings. The molecule has 2 heterocycles. The van der Waals surface area contributed by atoms with Crippen LogP contribution in [0.2, 0.25) is 0 Å². The van der Waals surface area contributed by atoms with E-state index in [0.29, 0.717) is 23.4 Å². The van der Waals surface area contributed by atoms with Crippen LogP contribution in [0.1, 0.15) is 30.8 Å². The zero-order valence-electron chi connectivity index (χ0n) is 18.4. The highest BCUT2D eigenvalue weighted by Gasteiger charge is 2.33. The summed E-state index contributed by atoms with van der Waals surface area (Å²) in [5.74, 6) is 1.06. The van der Waals surface area contributed by atoms with E-state index < -0.39 is 0 Å². The van der Waals surface area contributed by atoms with Crippen molar-refractivity contribution in [2.24, 2.45) is 0 Å². The van der Waals surface area contributed by atoms with E-state index in [9.17, 15) is 0 Å². The Labute approximate surface area is 198 Å². The van der Waals surface area contributed by atoms with Gasteiger partial charge in [0.2, 0.25) is 5.82 Å². The summed E-state index contributed by atoms with van der Waals surface area (Å²) in [6.07, 6.45) is 2.91. The van der Waals surface area contributed by atoms with Crippen LogP contribution in [0.3, 0.4) is 0 Å². The molecule has 1 atom stereocenters. The van der Waals surface area contributed by atoms with E-state index in [0.717, 1.165) is 35.4 Å². The quantitative estimate of drug-likeness (QED) is 0.278. The van der Waals surface area contributed by atoms with Gasteiger partial charge in [-0.25, -0.2) is 0 Å². The molecule has 4 rings (SSSR count). The Kier molecular flexibility index (Phi) is 7.24. The Morgan fingerprint density at radius 3 is 2.59 bits per heavy atom. The summed E-state index contributed by atoms with van der Waals surface area (Å²) in [5.41, 5.74) is 3.95. The van der Waals surface area contributed by atoms with Gasteiger partial charge in [-0.3, -0.25) is 0 Å². The van der Waals surface area contributed by atoms with E-state index in [4.69, 9.17) is 26.5 Å². The number of ether oxygens (including phenoxy) is 1. The van der Waals surface area contributed by atoms with Gasteiger partial charge in [0.1, 0.15) is 0 Å². The van der Waals surface area contributed by atoms with E-state index in [1.807, 2.05) is 30.3 Å². The van der Waals surface area contributed by atoms with Crippen LogP contribution in [0.5, 0.6) is 0 Å². The summed E-state index contributed by atoms with van der Waals surface area (Å²) in [4.78, 5) is 8.04. The fourth-order valence-corrected chi connectivity index (χ4v) is 4.53. The van der Waals surface area contributed by atoms with Crippen LogP contribution in [0.15, 0.2) is 69.7 Å². The lowest BCUT2D eigenvalue weighted by molar-refractivity contribution is 0.188. The zero-order chi connectivity index (χ0) is 22.5. The smallest absolute Gasteiger partial charge is 0.258 e. The minimum atomic E-state index is -0.172. The van der Waals surface area contributed by atoms with Gasteiger partial charge in [0.05, 0.1) is 11.6 Å². The summed E-state index contributed by atoms with van der Waals surface area (Å²) in [6.45, 7) is 3.47. The third-order valence-electron chi connectivity index (χ3n) is 5.46. The minimum absolute atomic E-state index is 0.172. The number of nitrogens with zero attached hydrogens (tertiary/aromatic N) is 3. The van der Waals surface area contributed by atoms with Gasteiger partial charge in [-0.1, -0.05) is 35.5 Å². The highest BCUT2D eigenvalue weighted by atomic mass is 32.2. The first-order chi connectivity index (χ1) is 15.6. The fraction of sp³-hybridized carbons (Fsp3) is 0.292. The molecule has 1 aliphatic heterocycles. The van der Waals surface area contributed by atoms with Gasteiger partial charge < -0.3 is 19.5 Å². The molecule has 0 radical (unpaired) electrons. The fourth-order valence-electron chi connectivity index (χ4n) is 3.78. The lowest BCUT2D eigenvalue weighted by Crippen LogP contribution is -2.46. The molecule has 2 aromatic carbocycles. The third kappa shape index (κ3) is 4.72. The zero-order valence-corrected chi connectivity index (χ0v) is 20.0. The number of aromatic nitrogens is 2. The highest BCUT2D eigenvalue weighted by Crippen LogP contribution is 2.37. The van der Waals surface area contributed by atoms with Crippen molar-refractivity contribution in [3.63, 3.8) is 0 Å². The highest BCUT2D eigenvalue weighted by molar-refractivity contribution is 7.98. The van der Waals surface area contributed by atoms with Crippen LogP contribution in [-0.2, 0) is 4.74 Å². The first-order valence-electron chi connectivity index (χ1n) is 10.4. The van der Waals surface area contributed by atoms with Crippen LogP contribution >= 0.6 is 24.0 Å². The number of hydrogen-bond donors (Lipinski definition) is 1. The van der Waals surface area contributed by atoms with Crippen molar-refractivity contribution >= 4 is 34.7 Å². The number of thiocarbonyl (C=S) groups is 1. The van der Waals surface area contributed by atoms with E-state index >= 15 is 0 Å². The predicted molar refractivity (Wildman–Crippen MR) is 132 cm³/mol. The Balaban J connectivity index is 1.74. The van der Waals surface area contributed by atoms with Crippen molar-refractivity contribution in [3.8, 4) is 11.4 Å². The summed E-state index contributed by atoms with van der Waals surface area (Å²) < 4.78 is 11.0. The molecule has 6 nitrogen and oxygen atoms in total. The number of thioether (sulfide) groups is 1. The lowest BCUT2D eigenvalue weighted by atomic mass is 9.95. The van der Waals surface area contributed by atoms with Gasteiger partial charge in [0.25, 0.3) is 5.89 Å². The maximum absolute atomic E-state index is 5.79. The molecular weight excluding hydrogens is 440 g/mol. The van der Waals surface area contributed by atoms with Gasteiger partial charge in [-0.05, 0) is 61.6 Å². The van der Waals surface area contributed by atoms with E-state index in [-0.39, 0.29) is 6.04 Å². The van der Waals surface area contributed by atoms with Crippen molar-refractivity contribution in [3.05, 3.63) is 71.7 Å². The summed E-state index contributed by atoms with van der Waals surface area (Å²) >= 11 is 7.41. The number of rotatable bonds is 8. The van der Waals surface area contributed by atoms with Crippen LogP contribution in [0.25, 0.3) is 17.0 Å². The second-order valence-electron chi connectivity index (χ2n) is 7.44. The molecule has 0 saturated heterocycles. The van der Waals surface area contributed by atoms with Crippen molar-refractivity contribution in [1.29, 1.82) is 0 Å². The average molecular weight is 467 g/mol. The van der Waals surface area contributed by atoms with Crippen molar-refractivity contribution in [2.75, 3.05) is 26.5 Å². The maximum atomic E-state index is 5.79. The molecule has 0 amide bonds. The summed E-state index contributed by atoms with van der Waals surface area (Å²) in [6, 6.07) is 18.2. The van der Waals surface area contributed by atoms with Gasteiger partial charge >= 0.3 is 0 Å². The van der Waals surface area contributed by atoms with E-state index in [1.165, 1.54) is 4.90 Å². The minimum Gasteiger partial charge on any atom is -0.385 e. The molecular formula is C24H26N4O2S2. The monoisotopic (exact) mass is 466 g/mol. The summed E-state index contributed by atoms with van der Waals surface area (Å²) in [5, 5.41) is 8.44. The molecule has 0 saturated carbocycles. The van der Waals surface area contributed by atoms with E-state index in [1.54, 1.807) is 18.9 Å². The number of methoxy groups -OCH3 is 1. The van der Waals surface area contributed by atoms with E-state index in [2.05, 4.69) is 52.8 Å². The Morgan fingerprint density at radius 2 is 1.91 bits per heavy atom. The first-order valence-corrected chi connectivity index (χ1v) is 12.1. The van der Waals surface area contributed by atoms with Crippen LogP contribution in [0, 0.1) is 0 Å². The number of benzene rings is 2. The van der Waals surface area contributed by atoms with Gasteiger partial charge in [-0.2, -0.15) is 4.98 Å². The topological polar surface area (TPSA) is 63.4 Å². The molecule has 0 spiro atoms. The molecule has 166 valence electrons. The normalized spacial score (nSPS) is 16.4. The molecule has 8 heteroatoms. The second-order valence-corrected chi connectivity index (χ2v) is 8.71. The maximum Gasteiger partial charge on any atom is 0.258 e. The first kappa shape index (κ1) is 22.5. The standard InChI is InChI=1S/C24H26N4O2S2/c1-16-20(23-26-22(27-30-23)18-10-12-19(32-3)13-11-18)21(17-8-5-4-6-9-17)25-24(31)28(16)14-7-15-29-2/h4-6,8-13,21H,7,14-15H2,1-3H3,(H,25,31). The lowest BCUT2D eigenvalue weighted by Gasteiger charge is -2.37. The average Bonchev–Trinajstić information content (AvgIpc) is 3.31. The van der Waals surface area contributed by atoms with Crippen LogP contribution in [-0.4, -0.2) is 46.7 Å². The predicted octanol–water partition coefficient (Wildman–Crippen LogP) is 5.16. The van der Waals surface area contributed by atoms with Crippen molar-refractivity contribution < 1.29 is 9.26 Å². The SMILES string of the molecule is COCCCN1C(=S)NC(c2ccccc2)C(c2nc(-c3ccc(SC)cc3)no2)=C1C. The van der Waals surface area contributed by atoms with Crippen LogP contribution < -0.4 is 5.32 Å². The number of hydrogen-bond acceptors (Lipinski definition) is 6. The Bertz CT molecular complexity index is 1100. The van der Waals surface area contributed by atoms with Gasteiger partial charge in [-0.15, -0.1) is 11.8 Å². The molecule has 1 N–H and O–H groups in total. The molecule has 0 fully saturated rings. The van der Waals surface area contributed by atoms with Gasteiger partial charge in [0, 0.05) is 36.4 Å². The van der Waals surface area contributed by atoms with Crippen molar-refractivity contribution in [1.82, 2.24) is 20.4 Å². The molecule has 0 bridgehead atoms.